The molecule has 0 radical (unpaired) electrons. The third-order valence-electron chi connectivity index (χ3n) is 5.03. The van der Waals surface area contributed by atoms with Crippen LogP contribution in [0, 0.1) is 5.92 Å². The zero-order chi connectivity index (χ0) is 21.6. The first-order valence-electron chi connectivity index (χ1n) is 10.4. The third-order valence-corrected chi connectivity index (χ3v) is 6.06. The standard InChI is InChI=1S/C21H26N6O3S/c1-15(2)12-29-21(28)26-10-8-16(9-11-26)19-23-18(13-31-19)20(27-14-22-24-25-27)30-17-6-4-3-5-7-17/h3-7,13-16,20H,8-12H2,1-2H3. The van der Waals surface area contributed by atoms with Crippen molar-refractivity contribution in [2.45, 2.75) is 38.8 Å². The predicted octanol–water partition coefficient (Wildman–Crippen LogP) is 3.73. The number of nitrogens with zero attached hydrogens (tertiary/aromatic N) is 6. The summed E-state index contributed by atoms with van der Waals surface area (Å²) >= 11 is 1.61. The number of aromatic nitrogens is 5. The highest BCUT2D eigenvalue weighted by Gasteiger charge is 2.28. The van der Waals surface area contributed by atoms with Crippen molar-refractivity contribution in [3.8, 4) is 5.75 Å². The fourth-order valence-electron chi connectivity index (χ4n) is 3.39. The summed E-state index contributed by atoms with van der Waals surface area (Å²) in [5.41, 5.74) is 0.759. The van der Waals surface area contributed by atoms with E-state index in [1.54, 1.807) is 20.9 Å². The van der Waals surface area contributed by atoms with Crippen molar-refractivity contribution in [2.24, 2.45) is 5.92 Å². The van der Waals surface area contributed by atoms with E-state index in [-0.39, 0.29) is 6.09 Å². The van der Waals surface area contributed by atoms with E-state index < -0.39 is 6.23 Å². The van der Waals surface area contributed by atoms with Crippen LogP contribution in [-0.2, 0) is 4.74 Å². The summed E-state index contributed by atoms with van der Waals surface area (Å²) in [6.07, 6.45) is 2.47. The van der Waals surface area contributed by atoms with Gasteiger partial charge in [-0.05, 0) is 41.3 Å². The topological polar surface area (TPSA) is 95.3 Å². The molecule has 3 heterocycles. The maximum atomic E-state index is 12.2. The Bertz CT molecular complexity index is 955. The molecule has 31 heavy (non-hydrogen) atoms. The molecular formula is C21H26N6O3S. The molecule has 0 spiro atoms. The number of amides is 1. The lowest BCUT2D eigenvalue weighted by molar-refractivity contribution is 0.0834. The highest BCUT2D eigenvalue weighted by Crippen LogP contribution is 2.33. The summed E-state index contributed by atoms with van der Waals surface area (Å²) in [6.45, 7) is 5.86. The van der Waals surface area contributed by atoms with Crippen molar-refractivity contribution in [2.75, 3.05) is 19.7 Å². The summed E-state index contributed by atoms with van der Waals surface area (Å²) in [5, 5.41) is 14.5. The average molecular weight is 443 g/mol. The molecule has 1 saturated heterocycles. The smallest absolute Gasteiger partial charge is 0.409 e. The molecule has 0 saturated carbocycles. The quantitative estimate of drug-likeness (QED) is 0.550. The zero-order valence-corrected chi connectivity index (χ0v) is 18.4. The summed E-state index contributed by atoms with van der Waals surface area (Å²) in [6, 6.07) is 9.54. The molecule has 1 aromatic carbocycles. The van der Waals surface area contributed by atoms with Gasteiger partial charge in [0.1, 0.15) is 17.8 Å². The first kappa shape index (κ1) is 21.2. The Morgan fingerprint density at radius 1 is 1.23 bits per heavy atom. The number of carbonyl (C=O) groups is 1. The lowest BCUT2D eigenvalue weighted by Gasteiger charge is -2.30. The molecule has 1 fully saturated rings. The van der Waals surface area contributed by atoms with E-state index in [4.69, 9.17) is 14.5 Å². The van der Waals surface area contributed by atoms with Crippen molar-refractivity contribution in [1.82, 2.24) is 30.1 Å². The number of benzene rings is 1. The normalized spacial score (nSPS) is 15.8. The first-order chi connectivity index (χ1) is 15.1. The number of thiazole rings is 1. The van der Waals surface area contributed by atoms with E-state index in [0.717, 1.165) is 23.5 Å². The van der Waals surface area contributed by atoms with Crippen LogP contribution in [-0.4, -0.2) is 55.9 Å². The Morgan fingerprint density at radius 2 is 2.00 bits per heavy atom. The van der Waals surface area contributed by atoms with Gasteiger partial charge in [0.25, 0.3) is 0 Å². The van der Waals surface area contributed by atoms with Gasteiger partial charge in [0.15, 0.2) is 0 Å². The molecule has 164 valence electrons. The number of tetrazole rings is 1. The molecule has 0 N–H and O–H groups in total. The predicted molar refractivity (Wildman–Crippen MR) is 115 cm³/mol. The summed E-state index contributed by atoms with van der Waals surface area (Å²) in [7, 11) is 0. The minimum Gasteiger partial charge on any atom is -0.463 e. The fourth-order valence-corrected chi connectivity index (χ4v) is 4.39. The number of para-hydroxylation sites is 1. The van der Waals surface area contributed by atoms with Gasteiger partial charge in [0.2, 0.25) is 6.23 Å². The minimum atomic E-state index is -0.548. The van der Waals surface area contributed by atoms with Crippen LogP contribution in [0.25, 0.3) is 0 Å². The largest absolute Gasteiger partial charge is 0.463 e. The van der Waals surface area contributed by atoms with Gasteiger partial charge in [0, 0.05) is 24.4 Å². The minimum absolute atomic E-state index is 0.220. The third kappa shape index (κ3) is 5.38. The summed E-state index contributed by atoms with van der Waals surface area (Å²) in [4.78, 5) is 18.8. The molecule has 0 aliphatic carbocycles. The van der Waals surface area contributed by atoms with Crippen molar-refractivity contribution < 1.29 is 14.3 Å². The van der Waals surface area contributed by atoms with E-state index in [1.807, 2.05) is 49.6 Å². The molecule has 4 rings (SSSR count). The Balaban J connectivity index is 1.41. The van der Waals surface area contributed by atoms with Crippen LogP contribution in [0.4, 0.5) is 4.79 Å². The van der Waals surface area contributed by atoms with Crippen molar-refractivity contribution in [3.05, 3.63) is 52.7 Å². The van der Waals surface area contributed by atoms with Crippen LogP contribution in [0.15, 0.2) is 42.0 Å². The van der Waals surface area contributed by atoms with Crippen LogP contribution < -0.4 is 4.74 Å². The monoisotopic (exact) mass is 442 g/mol. The van der Waals surface area contributed by atoms with Crippen LogP contribution in [0.2, 0.25) is 0 Å². The maximum Gasteiger partial charge on any atom is 0.409 e. The molecule has 0 bridgehead atoms. The van der Waals surface area contributed by atoms with Gasteiger partial charge in [0.05, 0.1) is 11.6 Å². The first-order valence-corrected chi connectivity index (χ1v) is 11.3. The van der Waals surface area contributed by atoms with E-state index in [0.29, 0.717) is 37.3 Å². The molecule has 10 heteroatoms. The van der Waals surface area contributed by atoms with Crippen molar-refractivity contribution in [1.29, 1.82) is 0 Å². The van der Waals surface area contributed by atoms with Crippen molar-refractivity contribution in [3.63, 3.8) is 0 Å². The van der Waals surface area contributed by atoms with E-state index in [2.05, 4.69) is 15.5 Å². The Kier molecular flexibility index (Phi) is 6.76. The molecular weight excluding hydrogens is 416 g/mol. The maximum absolute atomic E-state index is 12.2. The summed E-state index contributed by atoms with van der Waals surface area (Å²) < 4.78 is 13.0. The van der Waals surface area contributed by atoms with Gasteiger partial charge in [-0.3, -0.25) is 0 Å². The van der Waals surface area contributed by atoms with Crippen molar-refractivity contribution >= 4 is 17.4 Å². The molecule has 2 aromatic heterocycles. The highest BCUT2D eigenvalue weighted by molar-refractivity contribution is 7.09. The number of piperidine rings is 1. The Labute approximate surface area is 185 Å². The van der Waals surface area contributed by atoms with Crippen LogP contribution in [0.5, 0.6) is 5.75 Å². The number of likely N-dealkylation sites (tertiary alicyclic amines) is 1. The number of ether oxygens (including phenoxy) is 2. The van der Waals surface area contributed by atoms with Crippen LogP contribution in [0.3, 0.4) is 0 Å². The molecule has 9 nitrogen and oxygen atoms in total. The van der Waals surface area contributed by atoms with Gasteiger partial charge in [-0.2, -0.15) is 4.68 Å². The molecule has 1 aliphatic heterocycles. The van der Waals surface area contributed by atoms with Gasteiger partial charge < -0.3 is 14.4 Å². The second kappa shape index (κ2) is 9.86. The molecule has 3 aromatic rings. The second-order valence-corrected chi connectivity index (χ2v) is 8.81. The number of carbonyl (C=O) groups excluding carboxylic acids is 1. The summed E-state index contributed by atoms with van der Waals surface area (Å²) in [5.74, 6) is 1.35. The molecule has 1 atom stereocenters. The molecule has 1 amide bonds. The Morgan fingerprint density at radius 3 is 2.68 bits per heavy atom. The molecule has 1 unspecified atom stereocenters. The number of hydrogen-bond donors (Lipinski definition) is 0. The molecule has 1 aliphatic rings. The van der Waals surface area contributed by atoms with Gasteiger partial charge in [-0.25, -0.2) is 9.78 Å². The van der Waals surface area contributed by atoms with E-state index in [9.17, 15) is 4.79 Å². The van der Waals surface area contributed by atoms with Crippen LogP contribution in [0.1, 0.15) is 49.5 Å². The zero-order valence-electron chi connectivity index (χ0n) is 17.6. The SMILES string of the molecule is CC(C)COC(=O)N1CCC(c2nc(C(Oc3ccccc3)n3cnnn3)cs2)CC1. The average Bonchev–Trinajstić information content (AvgIpc) is 3.49. The number of hydrogen-bond acceptors (Lipinski definition) is 8. The fraction of sp³-hybridized carbons (Fsp3) is 0.476. The highest BCUT2D eigenvalue weighted by atomic mass is 32.1. The Hall–Kier alpha value is -3.01. The lowest BCUT2D eigenvalue weighted by Crippen LogP contribution is -2.38. The van der Waals surface area contributed by atoms with E-state index in [1.165, 1.54) is 6.33 Å². The van der Waals surface area contributed by atoms with Crippen LogP contribution >= 0.6 is 11.3 Å². The van der Waals surface area contributed by atoms with Gasteiger partial charge >= 0.3 is 6.09 Å². The van der Waals surface area contributed by atoms with E-state index >= 15 is 0 Å². The van der Waals surface area contributed by atoms with Gasteiger partial charge in [-0.15, -0.1) is 16.4 Å². The number of rotatable bonds is 7. The lowest BCUT2D eigenvalue weighted by atomic mass is 9.98. The van der Waals surface area contributed by atoms with Gasteiger partial charge in [-0.1, -0.05) is 32.0 Å². The second-order valence-electron chi connectivity index (χ2n) is 7.92.